The lowest BCUT2D eigenvalue weighted by atomic mass is 10.2. The standard InChI is InChI=1S/C12H15ClN2O4/c1-3-19-9-4-5-10(11(6-9)15(17)18)14-12(16)8(2)7-13/h4-6,8H,3,7H2,1-2H3,(H,14,16). The molecule has 0 heterocycles. The number of nitro benzene ring substituents is 1. The zero-order valence-corrected chi connectivity index (χ0v) is 11.4. The minimum absolute atomic E-state index is 0.135. The monoisotopic (exact) mass is 286 g/mol. The second kappa shape index (κ2) is 6.94. The van der Waals surface area contributed by atoms with E-state index in [9.17, 15) is 14.9 Å². The number of ether oxygens (including phenoxy) is 1. The van der Waals surface area contributed by atoms with Crippen molar-refractivity contribution in [1.29, 1.82) is 0 Å². The number of carbonyl (C=O) groups is 1. The van der Waals surface area contributed by atoms with Crippen molar-refractivity contribution in [2.75, 3.05) is 17.8 Å². The average Bonchev–Trinajstić information content (AvgIpc) is 2.39. The van der Waals surface area contributed by atoms with Crippen molar-refractivity contribution in [1.82, 2.24) is 0 Å². The zero-order valence-electron chi connectivity index (χ0n) is 10.7. The highest BCUT2D eigenvalue weighted by Crippen LogP contribution is 2.29. The molecule has 0 aromatic heterocycles. The Hall–Kier alpha value is -1.82. The van der Waals surface area contributed by atoms with Gasteiger partial charge in [0.05, 0.1) is 17.6 Å². The van der Waals surface area contributed by atoms with E-state index in [0.29, 0.717) is 12.4 Å². The number of halogens is 1. The van der Waals surface area contributed by atoms with E-state index in [0.717, 1.165) is 0 Å². The number of nitrogens with zero attached hydrogens (tertiary/aromatic N) is 1. The van der Waals surface area contributed by atoms with Crippen molar-refractivity contribution in [2.24, 2.45) is 5.92 Å². The Morgan fingerprint density at radius 3 is 2.79 bits per heavy atom. The average molecular weight is 287 g/mol. The van der Waals surface area contributed by atoms with Gasteiger partial charge in [-0.2, -0.15) is 0 Å². The molecule has 104 valence electrons. The Balaban J connectivity index is 3.00. The third-order valence-electron chi connectivity index (χ3n) is 2.41. The predicted octanol–water partition coefficient (Wildman–Crippen LogP) is 2.81. The third-order valence-corrected chi connectivity index (χ3v) is 2.88. The summed E-state index contributed by atoms with van der Waals surface area (Å²) in [6, 6.07) is 4.30. The molecule has 0 saturated heterocycles. The van der Waals surface area contributed by atoms with Gasteiger partial charge in [-0.1, -0.05) is 6.92 Å². The molecule has 1 aromatic rings. The summed E-state index contributed by atoms with van der Waals surface area (Å²) in [7, 11) is 0. The number of amides is 1. The zero-order chi connectivity index (χ0) is 14.4. The Bertz CT molecular complexity index is 479. The number of nitro groups is 1. The van der Waals surface area contributed by atoms with Gasteiger partial charge in [0.15, 0.2) is 0 Å². The van der Waals surface area contributed by atoms with Crippen molar-refractivity contribution in [2.45, 2.75) is 13.8 Å². The summed E-state index contributed by atoms with van der Waals surface area (Å²) >= 11 is 5.57. The quantitative estimate of drug-likeness (QED) is 0.495. The number of nitrogens with one attached hydrogen (secondary N) is 1. The first-order valence-electron chi connectivity index (χ1n) is 5.77. The Morgan fingerprint density at radius 1 is 1.58 bits per heavy atom. The molecule has 1 N–H and O–H groups in total. The van der Waals surface area contributed by atoms with E-state index in [4.69, 9.17) is 16.3 Å². The first-order chi connectivity index (χ1) is 8.99. The lowest BCUT2D eigenvalue weighted by molar-refractivity contribution is -0.384. The van der Waals surface area contributed by atoms with E-state index in [-0.39, 0.29) is 23.2 Å². The highest BCUT2D eigenvalue weighted by atomic mass is 35.5. The summed E-state index contributed by atoms with van der Waals surface area (Å²) in [6.07, 6.45) is 0. The van der Waals surface area contributed by atoms with Crippen LogP contribution in [0.5, 0.6) is 5.75 Å². The molecule has 1 unspecified atom stereocenters. The SMILES string of the molecule is CCOc1ccc(NC(=O)C(C)CCl)c([N+](=O)[O-])c1. The van der Waals surface area contributed by atoms with Crippen LogP contribution in [-0.4, -0.2) is 23.3 Å². The molecule has 1 aromatic carbocycles. The Kier molecular flexibility index (Phi) is 5.57. The fraction of sp³-hybridized carbons (Fsp3) is 0.417. The van der Waals surface area contributed by atoms with Gasteiger partial charge in [0.25, 0.3) is 5.69 Å². The summed E-state index contributed by atoms with van der Waals surface area (Å²) in [5.74, 6) is -0.246. The van der Waals surface area contributed by atoms with Crippen molar-refractivity contribution < 1.29 is 14.5 Å². The topological polar surface area (TPSA) is 81.5 Å². The fourth-order valence-electron chi connectivity index (χ4n) is 1.35. The molecule has 0 spiro atoms. The van der Waals surface area contributed by atoms with Crippen LogP contribution in [0.3, 0.4) is 0 Å². The number of carbonyl (C=O) groups excluding carboxylic acids is 1. The molecule has 0 bridgehead atoms. The van der Waals surface area contributed by atoms with Crippen LogP contribution in [0.2, 0.25) is 0 Å². The number of anilines is 1. The smallest absolute Gasteiger partial charge is 0.296 e. The normalized spacial score (nSPS) is 11.7. The Labute approximate surface area is 115 Å². The minimum atomic E-state index is -0.566. The molecular weight excluding hydrogens is 272 g/mol. The summed E-state index contributed by atoms with van der Waals surface area (Å²) < 4.78 is 5.19. The summed E-state index contributed by atoms with van der Waals surface area (Å²) in [6.45, 7) is 3.83. The van der Waals surface area contributed by atoms with E-state index >= 15 is 0 Å². The summed E-state index contributed by atoms with van der Waals surface area (Å²) in [4.78, 5) is 22.1. The van der Waals surface area contributed by atoms with E-state index in [1.165, 1.54) is 12.1 Å². The molecule has 7 heteroatoms. The van der Waals surface area contributed by atoms with Crippen LogP contribution in [0.25, 0.3) is 0 Å². The van der Waals surface area contributed by atoms with Crippen molar-refractivity contribution >= 4 is 28.9 Å². The Morgan fingerprint density at radius 2 is 2.26 bits per heavy atom. The van der Waals surface area contributed by atoms with Crippen molar-refractivity contribution in [3.8, 4) is 5.75 Å². The van der Waals surface area contributed by atoms with E-state index in [2.05, 4.69) is 5.32 Å². The lowest BCUT2D eigenvalue weighted by Gasteiger charge is -2.10. The third kappa shape index (κ3) is 4.10. The molecule has 0 aliphatic rings. The molecule has 1 amide bonds. The second-order valence-electron chi connectivity index (χ2n) is 3.91. The molecule has 1 atom stereocenters. The van der Waals surface area contributed by atoms with Crippen LogP contribution in [0.1, 0.15) is 13.8 Å². The first kappa shape index (κ1) is 15.2. The van der Waals surface area contributed by atoms with Gasteiger partial charge in [0.2, 0.25) is 5.91 Å². The molecule has 0 aliphatic heterocycles. The van der Waals surface area contributed by atoms with Crippen LogP contribution in [0.4, 0.5) is 11.4 Å². The van der Waals surface area contributed by atoms with Crippen LogP contribution in [-0.2, 0) is 4.79 Å². The number of benzene rings is 1. The van der Waals surface area contributed by atoms with Gasteiger partial charge in [-0.3, -0.25) is 14.9 Å². The molecule has 0 aliphatic carbocycles. The summed E-state index contributed by atoms with van der Waals surface area (Å²) in [5.41, 5.74) is -0.0727. The number of hydrogen-bond acceptors (Lipinski definition) is 4. The predicted molar refractivity (Wildman–Crippen MR) is 72.8 cm³/mol. The lowest BCUT2D eigenvalue weighted by Crippen LogP contribution is -2.22. The van der Waals surface area contributed by atoms with Crippen LogP contribution >= 0.6 is 11.6 Å². The maximum absolute atomic E-state index is 11.7. The molecule has 0 saturated carbocycles. The van der Waals surface area contributed by atoms with E-state index in [1.54, 1.807) is 19.9 Å². The van der Waals surface area contributed by atoms with E-state index < -0.39 is 10.8 Å². The van der Waals surface area contributed by atoms with Crippen LogP contribution < -0.4 is 10.1 Å². The highest BCUT2D eigenvalue weighted by Gasteiger charge is 2.19. The molecule has 0 radical (unpaired) electrons. The molecule has 19 heavy (non-hydrogen) atoms. The molecule has 1 rings (SSSR count). The van der Waals surface area contributed by atoms with Gasteiger partial charge in [-0.15, -0.1) is 11.6 Å². The fourth-order valence-corrected chi connectivity index (χ4v) is 1.49. The first-order valence-corrected chi connectivity index (χ1v) is 6.31. The van der Waals surface area contributed by atoms with Gasteiger partial charge in [-0.25, -0.2) is 0 Å². The van der Waals surface area contributed by atoms with Crippen molar-refractivity contribution in [3.63, 3.8) is 0 Å². The largest absolute Gasteiger partial charge is 0.494 e. The molecule has 6 nitrogen and oxygen atoms in total. The maximum atomic E-state index is 11.7. The maximum Gasteiger partial charge on any atom is 0.296 e. The van der Waals surface area contributed by atoms with Gasteiger partial charge in [0, 0.05) is 11.8 Å². The highest BCUT2D eigenvalue weighted by molar-refractivity contribution is 6.19. The molecular formula is C12H15ClN2O4. The van der Waals surface area contributed by atoms with Gasteiger partial charge in [0.1, 0.15) is 11.4 Å². The minimum Gasteiger partial charge on any atom is -0.494 e. The number of rotatable bonds is 6. The van der Waals surface area contributed by atoms with Gasteiger partial charge in [-0.05, 0) is 19.1 Å². The molecule has 0 fully saturated rings. The summed E-state index contributed by atoms with van der Waals surface area (Å²) in [5, 5.41) is 13.5. The van der Waals surface area contributed by atoms with Crippen LogP contribution in [0, 0.1) is 16.0 Å². The van der Waals surface area contributed by atoms with Gasteiger partial charge >= 0.3 is 0 Å². The van der Waals surface area contributed by atoms with Crippen molar-refractivity contribution in [3.05, 3.63) is 28.3 Å². The van der Waals surface area contributed by atoms with Gasteiger partial charge < -0.3 is 10.1 Å². The van der Waals surface area contributed by atoms with Crippen LogP contribution in [0.15, 0.2) is 18.2 Å². The second-order valence-corrected chi connectivity index (χ2v) is 4.22. The number of hydrogen-bond donors (Lipinski definition) is 1. The van der Waals surface area contributed by atoms with E-state index in [1.807, 2.05) is 0 Å². The number of alkyl halides is 1.